The number of aryl methyl sites for hydroxylation is 1. The third-order valence-corrected chi connectivity index (χ3v) is 5.85. The van der Waals surface area contributed by atoms with Crippen LogP contribution < -0.4 is 19.3 Å². The maximum absolute atomic E-state index is 12.7. The summed E-state index contributed by atoms with van der Waals surface area (Å²) in [7, 11) is 0. The average molecular weight is 438 g/mol. The Morgan fingerprint density at radius 2 is 1.72 bits per heavy atom. The van der Waals surface area contributed by atoms with Crippen LogP contribution in [0.25, 0.3) is 6.08 Å². The van der Waals surface area contributed by atoms with Crippen LogP contribution in [-0.4, -0.2) is 80.1 Å². The summed E-state index contributed by atoms with van der Waals surface area (Å²) in [6, 6.07) is 7.67. The molecule has 0 aliphatic carbocycles. The van der Waals surface area contributed by atoms with E-state index in [4.69, 9.17) is 19.2 Å². The Labute approximate surface area is 187 Å². The molecule has 1 amide bonds. The van der Waals surface area contributed by atoms with Gasteiger partial charge in [-0.3, -0.25) is 4.79 Å². The van der Waals surface area contributed by atoms with E-state index in [1.54, 1.807) is 6.08 Å². The minimum Gasteiger partial charge on any atom is -0.454 e. The first-order valence-corrected chi connectivity index (χ1v) is 11.0. The Morgan fingerprint density at radius 1 is 0.938 bits per heavy atom. The van der Waals surface area contributed by atoms with E-state index in [0.29, 0.717) is 32.1 Å². The molecule has 3 aliphatic rings. The smallest absolute Gasteiger partial charge is 0.246 e. The van der Waals surface area contributed by atoms with Gasteiger partial charge in [0.1, 0.15) is 5.82 Å². The zero-order chi connectivity index (χ0) is 21.9. The molecule has 1 aromatic carbocycles. The molecular formula is C23H27N5O4. The molecular weight excluding hydrogens is 410 g/mol. The number of nitrogens with zero attached hydrogens (tertiary/aromatic N) is 5. The SMILES string of the molecule is Cc1cc(N2CCN(C(=O)/C=C/c3ccc4c(c3)OCO4)CC2)nc(N2CCOCC2)n1. The van der Waals surface area contributed by atoms with Crippen molar-refractivity contribution in [3.8, 4) is 11.5 Å². The minimum atomic E-state index is 0.00944. The number of hydrogen-bond donors (Lipinski definition) is 0. The zero-order valence-corrected chi connectivity index (χ0v) is 18.2. The number of fused-ring (bicyclic) bond motifs is 1. The van der Waals surface area contributed by atoms with Gasteiger partial charge in [0, 0.05) is 57.1 Å². The number of carbonyl (C=O) groups excluding carboxylic acids is 1. The Hall–Kier alpha value is -3.33. The second kappa shape index (κ2) is 9.04. The van der Waals surface area contributed by atoms with Gasteiger partial charge in [-0.05, 0) is 30.7 Å². The molecule has 2 saturated heterocycles. The third kappa shape index (κ3) is 4.47. The van der Waals surface area contributed by atoms with Crippen LogP contribution >= 0.6 is 0 Å². The first-order chi connectivity index (χ1) is 15.7. The van der Waals surface area contributed by atoms with Gasteiger partial charge in [0.2, 0.25) is 18.6 Å². The van der Waals surface area contributed by atoms with Crippen LogP contribution in [0.4, 0.5) is 11.8 Å². The molecule has 0 unspecified atom stereocenters. The van der Waals surface area contributed by atoms with Crippen LogP contribution in [0.1, 0.15) is 11.3 Å². The second-order valence-corrected chi connectivity index (χ2v) is 8.03. The number of rotatable bonds is 4. The monoisotopic (exact) mass is 437 g/mol. The standard InChI is InChI=1S/C23H27N5O4/c1-17-14-21(25-23(24-17)28-10-12-30-13-11-28)26-6-8-27(9-7-26)22(29)5-3-18-2-4-19-20(15-18)32-16-31-19/h2-5,14-15H,6-13,16H2,1H3/b5-3+. The van der Waals surface area contributed by atoms with Crippen molar-refractivity contribution >= 4 is 23.7 Å². The van der Waals surface area contributed by atoms with Crippen LogP contribution in [0, 0.1) is 6.92 Å². The molecule has 4 heterocycles. The Morgan fingerprint density at radius 3 is 2.53 bits per heavy atom. The summed E-state index contributed by atoms with van der Waals surface area (Å²) in [4.78, 5) is 28.4. The zero-order valence-electron chi connectivity index (χ0n) is 18.2. The fourth-order valence-electron chi connectivity index (χ4n) is 4.05. The van der Waals surface area contributed by atoms with E-state index in [1.807, 2.05) is 42.2 Å². The first-order valence-electron chi connectivity index (χ1n) is 11.0. The molecule has 168 valence electrons. The topological polar surface area (TPSA) is 80.3 Å². The van der Waals surface area contributed by atoms with Crippen molar-refractivity contribution in [2.45, 2.75) is 6.92 Å². The molecule has 2 fully saturated rings. The fraction of sp³-hybridized carbons (Fsp3) is 0.435. The summed E-state index contributed by atoms with van der Waals surface area (Å²) < 4.78 is 16.2. The van der Waals surface area contributed by atoms with Crippen LogP contribution in [-0.2, 0) is 9.53 Å². The van der Waals surface area contributed by atoms with Gasteiger partial charge in [-0.2, -0.15) is 4.98 Å². The maximum Gasteiger partial charge on any atom is 0.246 e. The van der Waals surface area contributed by atoms with Crippen molar-refractivity contribution in [3.63, 3.8) is 0 Å². The second-order valence-electron chi connectivity index (χ2n) is 8.03. The highest BCUT2D eigenvalue weighted by atomic mass is 16.7. The number of hydrogen-bond acceptors (Lipinski definition) is 8. The number of benzene rings is 1. The molecule has 5 rings (SSSR count). The van der Waals surface area contributed by atoms with Crippen molar-refractivity contribution in [2.24, 2.45) is 0 Å². The number of aromatic nitrogens is 2. The van der Waals surface area contributed by atoms with Gasteiger partial charge in [-0.25, -0.2) is 4.98 Å². The van der Waals surface area contributed by atoms with E-state index in [0.717, 1.165) is 55.0 Å². The van der Waals surface area contributed by atoms with E-state index in [1.165, 1.54) is 0 Å². The van der Waals surface area contributed by atoms with Gasteiger partial charge in [-0.1, -0.05) is 6.07 Å². The number of ether oxygens (including phenoxy) is 3. The summed E-state index contributed by atoms with van der Waals surface area (Å²) in [5.74, 6) is 3.14. The average Bonchev–Trinajstić information content (AvgIpc) is 3.31. The molecule has 9 heteroatoms. The quantitative estimate of drug-likeness (QED) is 0.669. The highest BCUT2D eigenvalue weighted by Gasteiger charge is 2.23. The predicted octanol–water partition coefficient (Wildman–Crippen LogP) is 1.71. The van der Waals surface area contributed by atoms with E-state index < -0.39 is 0 Å². The van der Waals surface area contributed by atoms with Crippen molar-refractivity contribution < 1.29 is 19.0 Å². The summed E-state index contributed by atoms with van der Waals surface area (Å²) >= 11 is 0. The van der Waals surface area contributed by atoms with Gasteiger partial charge < -0.3 is 28.9 Å². The molecule has 1 aromatic heterocycles. The van der Waals surface area contributed by atoms with E-state index in [2.05, 4.69) is 14.8 Å². The van der Waals surface area contributed by atoms with E-state index in [-0.39, 0.29) is 12.7 Å². The first kappa shape index (κ1) is 20.6. The van der Waals surface area contributed by atoms with Crippen LogP contribution in [0.5, 0.6) is 11.5 Å². The van der Waals surface area contributed by atoms with Gasteiger partial charge in [0.05, 0.1) is 13.2 Å². The van der Waals surface area contributed by atoms with Gasteiger partial charge >= 0.3 is 0 Å². The summed E-state index contributed by atoms with van der Waals surface area (Å²) in [6.07, 6.45) is 3.44. The number of anilines is 2. The summed E-state index contributed by atoms with van der Waals surface area (Å²) in [5.41, 5.74) is 1.86. The molecule has 9 nitrogen and oxygen atoms in total. The van der Waals surface area contributed by atoms with Crippen molar-refractivity contribution in [3.05, 3.63) is 41.6 Å². The van der Waals surface area contributed by atoms with Gasteiger partial charge in [-0.15, -0.1) is 0 Å². The van der Waals surface area contributed by atoms with Crippen LogP contribution in [0.2, 0.25) is 0 Å². The largest absolute Gasteiger partial charge is 0.454 e. The molecule has 0 N–H and O–H groups in total. The van der Waals surface area contributed by atoms with Crippen molar-refractivity contribution in [1.82, 2.24) is 14.9 Å². The maximum atomic E-state index is 12.7. The molecule has 0 bridgehead atoms. The number of amides is 1. The fourth-order valence-corrected chi connectivity index (χ4v) is 4.05. The van der Waals surface area contributed by atoms with Crippen LogP contribution in [0.15, 0.2) is 30.3 Å². The summed E-state index contributed by atoms with van der Waals surface area (Å²) in [5, 5.41) is 0. The number of piperazine rings is 1. The van der Waals surface area contributed by atoms with Gasteiger partial charge in [0.25, 0.3) is 0 Å². The van der Waals surface area contributed by atoms with E-state index >= 15 is 0 Å². The lowest BCUT2D eigenvalue weighted by Gasteiger charge is -2.35. The van der Waals surface area contributed by atoms with Crippen molar-refractivity contribution in [1.29, 1.82) is 0 Å². The minimum absolute atomic E-state index is 0.00944. The number of morpholine rings is 1. The molecule has 2 aromatic rings. The third-order valence-electron chi connectivity index (χ3n) is 5.85. The van der Waals surface area contributed by atoms with Gasteiger partial charge in [0.15, 0.2) is 11.5 Å². The normalized spacial score (nSPS) is 18.5. The van der Waals surface area contributed by atoms with Crippen LogP contribution in [0.3, 0.4) is 0 Å². The Kier molecular flexibility index (Phi) is 5.81. The Bertz CT molecular complexity index is 1010. The predicted molar refractivity (Wildman–Crippen MR) is 120 cm³/mol. The Balaban J connectivity index is 1.19. The molecule has 0 atom stereocenters. The molecule has 3 aliphatic heterocycles. The lowest BCUT2D eigenvalue weighted by molar-refractivity contribution is -0.126. The number of carbonyl (C=O) groups is 1. The highest BCUT2D eigenvalue weighted by Crippen LogP contribution is 2.32. The summed E-state index contributed by atoms with van der Waals surface area (Å²) in [6.45, 7) is 8.04. The lowest BCUT2D eigenvalue weighted by Crippen LogP contribution is -2.48. The molecule has 0 spiro atoms. The lowest BCUT2D eigenvalue weighted by atomic mass is 10.2. The highest BCUT2D eigenvalue weighted by molar-refractivity contribution is 5.92. The molecule has 0 radical (unpaired) electrons. The molecule has 32 heavy (non-hydrogen) atoms. The molecule has 0 saturated carbocycles. The van der Waals surface area contributed by atoms with E-state index in [9.17, 15) is 4.79 Å². The van der Waals surface area contributed by atoms with Crippen molar-refractivity contribution in [2.75, 3.05) is 69.1 Å².